The van der Waals surface area contributed by atoms with Gasteiger partial charge in [0.2, 0.25) is 10.0 Å². The van der Waals surface area contributed by atoms with Crippen molar-refractivity contribution in [2.24, 2.45) is 0 Å². The maximum absolute atomic E-state index is 13.0. The lowest BCUT2D eigenvalue weighted by atomic mass is 10.1. The lowest BCUT2D eigenvalue weighted by molar-refractivity contribution is -0.904. The van der Waals surface area contributed by atoms with E-state index in [0.717, 1.165) is 37.9 Å². The number of aryl methyl sites for hydroxylation is 1. The first-order valence-corrected chi connectivity index (χ1v) is 11.2. The van der Waals surface area contributed by atoms with Crippen LogP contribution < -0.4 is 4.90 Å². The number of hydrogen-bond acceptors (Lipinski definition) is 4. The predicted octanol–water partition coefficient (Wildman–Crippen LogP) is -0.497. The number of nitrogens with zero attached hydrogens (tertiary/aromatic N) is 2. The number of piperidine rings is 1. The monoisotopic (exact) mass is 396 g/mol. The molecule has 2 N–H and O–H groups in total. The molecule has 0 spiro atoms. The highest BCUT2D eigenvalue weighted by molar-refractivity contribution is 7.89. The standard InChI is InChI=1S/C19H29N3O4S/c1-16-5-6-17(27(25,26)22-7-3-2-4-8-22)15-18(16)19(24)21-11-9-20(10-12-21)13-14-23/h5-6,15,23H,2-4,7-14H2,1H3/p+1. The van der Waals surface area contributed by atoms with Crippen LogP contribution in [-0.4, -0.2) is 81.1 Å². The van der Waals surface area contributed by atoms with Crippen molar-refractivity contribution in [1.82, 2.24) is 9.21 Å². The highest BCUT2D eigenvalue weighted by Crippen LogP contribution is 2.23. The van der Waals surface area contributed by atoms with E-state index in [1.54, 1.807) is 23.1 Å². The molecule has 2 saturated heterocycles. The summed E-state index contributed by atoms with van der Waals surface area (Å²) >= 11 is 0. The molecule has 2 fully saturated rings. The first-order chi connectivity index (χ1) is 12.9. The Labute approximate surface area is 161 Å². The van der Waals surface area contributed by atoms with E-state index < -0.39 is 10.0 Å². The van der Waals surface area contributed by atoms with Crippen molar-refractivity contribution in [1.29, 1.82) is 0 Å². The number of nitrogens with one attached hydrogen (secondary N) is 1. The Kier molecular flexibility index (Phi) is 6.52. The van der Waals surface area contributed by atoms with E-state index >= 15 is 0 Å². The molecule has 0 atom stereocenters. The summed E-state index contributed by atoms with van der Waals surface area (Å²) in [4.78, 5) is 16.3. The van der Waals surface area contributed by atoms with Crippen molar-refractivity contribution >= 4 is 15.9 Å². The van der Waals surface area contributed by atoms with Gasteiger partial charge in [0.05, 0.1) is 37.7 Å². The van der Waals surface area contributed by atoms with Crippen molar-refractivity contribution in [3.63, 3.8) is 0 Å². The third-order valence-corrected chi connectivity index (χ3v) is 7.51. The molecule has 1 aromatic carbocycles. The molecule has 1 amide bonds. The average molecular weight is 397 g/mol. The molecule has 0 aromatic heterocycles. The Balaban J connectivity index is 1.78. The van der Waals surface area contributed by atoms with Gasteiger partial charge in [-0.05, 0) is 37.5 Å². The SMILES string of the molecule is Cc1ccc(S(=O)(=O)N2CCCCC2)cc1C(=O)N1CC[NH+](CCO)CC1. The van der Waals surface area contributed by atoms with E-state index in [4.69, 9.17) is 5.11 Å². The second kappa shape index (κ2) is 8.68. The Hall–Kier alpha value is -1.48. The summed E-state index contributed by atoms with van der Waals surface area (Å²) in [6.45, 7) is 6.65. The van der Waals surface area contributed by atoms with Crippen LogP contribution in [0.1, 0.15) is 35.2 Å². The molecule has 0 radical (unpaired) electrons. The number of amides is 1. The summed E-state index contributed by atoms with van der Waals surface area (Å²) < 4.78 is 27.4. The average Bonchev–Trinajstić information content (AvgIpc) is 2.69. The third-order valence-electron chi connectivity index (χ3n) is 5.62. The molecule has 150 valence electrons. The van der Waals surface area contributed by atoms with Crippen molar-refractivity contribution in [3.8, 4) is 0 Å². The zero-order valence-electron chi connectivity index (χ0n) is 16.0. The number of aliphatic hydroxyl groups is 1. The van der Waals surface area contributed by atoms with E-state index in [2.05, 4.69) is 0 Å². The van der Waals surface area contributed by atoms with Gasteiger partial charge < -0.3 is 14.9 Å². The van der Waals surface area contributed by atoms with Gasteiger partial charge in [0.15, 0.2) is 0 Å². The normalized spacial score (nSPS) is 20.0. The van der Waals surface area contributed by atoms with Crippen LogP contribution in [0.3, 0.4) is 0 Å². The Morgan fingerprint density at radius 3 is 2.41 bits per heavy atom. The molecule has 0 aliphatic carbocycles. The van der Waals surface area contributed by atoms with Crippen LogP contribution >= 0.6 is 0 Å². The van der Waals surface area contributed by atoms with Crippen molar-refractivity contribution in [2.45, 2.75) is 31.1 Å². The summed E-state index contributed by atoms with van der Waals surface area (Å²) in [6, 6.07) is 4.89. The van der Waals surface area contributed by atoms with Gasteiger partial charge in [-0.3, -0.25) is 4.79 Å². The number of carbonyl (C=O) groups is 1. The van der Waals surface area contributed by atoms with Gasteiger partial charge in [0.1, 0.15) is 6.54 Å². The summed E-state index contributed by atoms with van der Waals surface area (Å²) in [5, 5.41) is 9.06. The van der Waals surface area contributed by atoms with Crippen molar-refractivity contribution in [2.75, 3.05) is 52.4 Å². The molecule has 0 unspecified atom stereocenters. The molecule has 7 nitrogen and oxygen atoms in total. The second-order valence-corrected chi connectivity index (χ2v) is 9.40. The lowest BCUT2D eigenvalue weighted by Gasteiger charge is -2.32. The molecular weight excluding hydrogens is 366 g/mol. The van der Waals surface area contributed by atoms with Crippen molar-refractivity contribution in [3.05, 3.63) is 29.3 Å². The van der Waals surface area contributed by atoms with E-state index in [1.165, 1.54) is 9.21 Å². The van der Waals surface area contributed by atoms with Gasteiger partial charge in [-0.25, -0.2) is 8.42 Å². The lowest BCUT2D eigenvalue weighted by Crippen LogP contribution is -3.15. The second-order valence-electron chi connectivity index (χ2n) is 7.46. The molecule has 0 bridgehead atoms. The quantitative estimate of drug-likeness (QED) is 0.703. The van der Waals surface area contributed by atoms with Crippen molar-refractivity contribution < 1.29 is 23.2 Å². The number of hydrogen-bond donors (Lipinski definition) is 2. The molecule has 27 heavy (non-hydrogen) atoms. The highest BCUT2D eigenvalue weighted by atomic mass is 32.2. The van der Waals surface area contributed by atoms with Crippen LogP contribution in [0.4, 0.5) is 0 Å². The Morgan fingerprint density at radius 2 is 1.78 bits per heavy atom. The van der Waals surface area contributed by atoms with Gasteiger partial charge in [-0.2, -0.15) is 4.31 Å². The minimum Gasteiger partial charge on any atom is -0.391 e. The topological polar surface area (TPSA) is 82.4 Å². The number of carbonyl (C=O) groups excluding carboxylic acids is 1. The van der Waals surface area contributed by atoms with Gasteiger partial charge in [0.25, 0.3) is 5.91 Å². The molecular formula is C19H30N3O4S+. The minimum atomic E-state index is -3.55. The number of benzene rings is 1. The fourth-order valence-corrected chi connectivity index (χ4v) is 5.39. The molecule has 8 heteroatoms. The fraction of sp³-hybridized carbons (Fsp3) is 0.632. The van der Waals surface area contributed by atoms with Crippen LogP contribution in [0.15, 0.2) is 23.1 Å². The van der Waals surface area contributed by atoms with Gasteiger partial charge in [0, 0.05) is 18.7 Å². The summed E-state index contributed by atoms with van der Waals surface area (Å²) in [5.41, 5.74) is 1.27. The van der Waals surface area contributed by atoms with Crippen LogP contribution in [0.5, 0.6) is 0 Å². The van der Waals surface area contributed by atoms with Crippen LogP contribution in [-0.2, 0) is 10.0 Å². The first kappa shape index (κ1) is 20.3. The van der Waals surface area contributed by atoms with Gasteiger partial charge >= 0.3 is 0 Å². The summed E-state index contributed by atoms with van der Waals surface area (Å²) in [6.07, 6.45) is 2.84. The predicted molar refractivity (Wildman–Crippen MR) is 102 cm³/mol. The number of quaternary nitrogens is 1. The highest BCUT2D eigenvalue weighted by Gasteiger charge is 2.29. The minimum absolute atomic E-state index is 0.105. The zero-order valence-corrected chi connectivity index (χ0v) is 16.8. The van der Waals surface area contributed by atoms with E-state index in [-0.39, 0.29) is 17.4 Å². The third kappa shape index (κ3) is 4.51. The number of piperazine rings is 1. The van der Waals surface area contributed by atoms with Gasteiger partial charge in [-0.15, -0.1) is 0 Å². The fourth-order valence-electron chi connectivity index (χ4n) is 3.85. The van der Waals surface area contributed by atoms with E-state index in [9.17, 15) is 13.2 Å². The molecule has 2 aliphatic heterocycles. The summed E-state index contributed by atoms with van der Waals surface area (Å²) in [7, 11) is -3.55. The zero-order chi connectivity index (χ0) is 19.4. The molecule has 2 heterocycles. The molecule has 3 rings (SSSR count). The first-order valence-electron chi connectivity index (χ1n) is 9.78. The molecule has 1 aromatic rings. The number of aliphatic hydroxyl groups excluding tert-OH is 1. The maximum Gasteiger partial charge on any atom is 0.254 e. The Morgan fingerprint density at radius 1 is 1.11 bits per heavy atom. The van der Waals surface area contributed by atoms with Gasteiger partial charge in [-0.1, -0.05) is 12.5 Å². The maximum atomic E-state index is 13.0. The van der Waals surface area contributed by atoms with Crippen LogP contribution in [0.25, 0.3) is 0 Å². The largest absolute Gasteiger partial charge is 0.391 e. The Bertz CT molecular complexity index is 767. The number of sulfonamides is 1. The van der Waals surface area contributed by atoms with E-state index in [1.807, 2.05) is 6.92 Å². The van der Waals surface area contributed by atoms with Crippen LogP contribution in [0, 0.1) is 6.92 Å². The molecule has 2 aliphatic rings. The van der Waals surface area contributed by atoms with E-state index in [0.29, 0.717) is 38.3 Å². The van der Waals surface area contributed by atoms with Crippen LogP contribution in [0.2, 0.25) is 0 Å². The number of rotatable bonds is 5. The smallest absolute Gasteiger partial charge is 0.254 e. The molecule has 0 saturated carbocycles. The summed E-state index contributed by atoms with van der Waals surface area (Å²) in [5.74, 6) is -0.105.